The first kappa shape index (κ1) is 12.7. The van der Waals surface area contributed by atoms with E-state index < -0.39 is 0 Å². The van der Waals surface area contributed by atoms with Crippen LogP contribution in [0.2, 0.25) is 0 Å². The Bertz CT molecular complexity index is 432. The van der Waals surface area contributed by atoms with Crippen molar-refractivity contribution >= 4 is 5.91 Å². The summed E-state index contributed by atoms with van der Waals surface area (Å²) in [6, 6.07) is 10.4. The molecule has 0 N–H and O–H groups in total. The minimum atomic E-state index is 0.319. The van der Waals surface area contributed by atoms with Gasteiger partial charge in [0.2, 0.25) is 5.91 Å². The van der Waals surface area contributed by atoms with Crippen LogP contribution in [0.1, 0.15) is 38.2 Å². The molecule has 102 valence electrons. The minimum absolute atomic E-state index is 0.319. The number of amides is 1. The van der Waals surface area contributed by atoms with E-state index in [1.54, 1.807) is 0 Å². The zero-order chi connectivity index (χ0) is 13.2. The van der Waals surface area contributed by atoms with E-state index in [-0.39, 0.29) is 0 Å². The molecule has 0 radical (unpaired) electrons. The van der Waals surface area contributed by atoms with Gasteiger partial charge >= 0.3 is 0 Å². The topological polar surface area (TPSA) is 20.3 Å². The van der Waals surface area contributed by atoms with Crippen LogP contribution >= 0.6 is 0 Å². The Balaban J connectivity index is 1.64. The molecule has 0 aliphatic heterocycles. The maximum absolute atomic E-state index is 12.6. The Hall–Kier alpha value is -1.31. The Morgan fingerprint density at radius 2 is 1.84 bits per heavy atom. The SMILES string of the molecule is CCCN(Cc1ccccc1)C(=O)C1CC2CC2C1. The molecule has 2 aliphatic rings. The van der Waals surface area contributed by atoms with Gasteiger partial charge in [-0.25, -0.2) is 0 Å². The first-order chi connectivity index (χ1) is 9.28. The summed E-state index contributed by atoms with van der Waals surface area (Å²) in [7, 11) is 0. The van der Waals surface area contributed by atoms with Crippen LogP contribution in [0.25, 0.3) is 0 Å². The van der Waals surface area contributed by atoms with E-state index in [2.05, 4.69) is 36.1 Å². The standard InChI is InChI=1S/C17H23NO/c1-2-8-18(12-13-6-4-3-5-7-13)17(19)16-10-14-9-15(14)11-16/h3-7,14-16H,2,8-12H2,1H3. The zero-order valence-electron chi connectivity index (χ0n) is 11.7. The molecule has 0 bridgehead atoms. The lowest BCUT2D eigenvalue weighted by Crippen LogP contribution is -2.35. The maximum Gasteiger partial charge on any atom is 0.226 e. The summed E-state index contributed by atoms with van der Waals surface area (Å²) in [6.07, 6.45) is 4.73. The number of carbonyl (C=O) groups excluding carboxylic acids is 1. The second kappa shape index (κ2) is 5.36. The number of carbonyl (C=O) groups is 1. The van der Waals surface area contributed by atoms with Gasteiger partial charge in [-0.05, 0) is 43.1 Å². The fraction of sp³-hybridized carbons (Fsp3) is 0.588. The monoisotopic (exact) mass is 257 g/mol. The molecule has 0 spiro atoms. The molecule has 0 saturated heterocycles. The van der Waals surface area contributed by atoms with Crippen LogP contribution in [-0.4, -0.2) is 17.4 Å². The van der Waals surface area contributed by atoms with Gasteiger partial charge in [0.05, 0.1) is 0 Å². The third-order valence-electron chi connectivity index (χ3n) is 4.61. The van der Waals surface area contributed by atoms with E-state index in [4.69, 9.17) is 0 Å². The quantitative estimate of drug-likeness (QED) is 0.791. The lowest BCUT2D eigenvalue weighted by Gasteiger charge is -2.26. The van der Waals surface area contributed by atoms with Gasteiger partial charge in [0.25, 0.3) is 0 Å². The van der Waals surface area contributed by atoms with E-state index >= 15 is 0 Å². The van der Waals surface area contributed by atoms with Gasteiger partial charge < -0.3 is 4.90 Å². The highest BCUT2D eigenvalue weighted by Crippen LogP contribution is 2.54. The molecular weight excluding hydrogens is 234 g/mol. The van der Waals surface area contributed by atoms with Gasteiger partial charge in [-0.1, -0.05) is 37.3 Å². The molecule has 3 rings (SSSR count). The zero-order valence-corrected chi connectivity index (χ0v) is 11.7. The van der Waals surface area contributed by atoms with Gasteiger partial charge in [0, 0.05) is 19.0 Å². The van der Waals surface area contributed by atoms with Gasteiger partial charge in [0.15, 0.2) is 0 Å². The van der Waals surface area contributed by atoms with Crippen LogP contribution < -0.4 is 0 Å². The molecule has 0 heterocycles. The minimum Gasteiger partial charge on any atom is -0.338 e. The lowest BCUT2D eigenvalue weighted by atomic mass is 10.0. The molecule has 19 heavy (non-hydrogen) atoms. The van der Waals surface area contributed by atoms with E-state index in [1.165, 1.54) is 12.0 Å². The van der Waals surface area contributed by atoms with Gasteiger partial charge in [-0.15, -0.1) is 0 Å². The fourth-order valence-corrected chi connectivity index (χ4v) is 3.52. The maximum atomic E-state index is 12.6. The number of rotatable bonds is 5. The molecule has 0 aromatic heterocycles. The van der Waals surface area contributed by atoms with E-state index in [0.717, 1.165) is 44.2 Å². The number of fused-ring (bicyclic) bond motifs is 1. The van der Waals surface area contributed by atoms with Crippen LogP contribution in [0.15, 0.2) is 30.3 Å². The molecule has 1 aromatic carbocycles. The van der Waals surface area contributed by atoms with Crippen molar-refractivity contribution in [2.45, 2.75) is 39.2 Å². The predicted molar refractivity (Wildman–Crippen MR) is 76.5 cm³/mol. The smallest absolute Gasteiger partial charge is 0.226 e. The van der Waals surface area contributed by atoms with Crippen LogP contribution in [0, 0.1) is 17.8 Å². The van der Waals surface area contributed by atoms with Crippen LogP contribution in [0.4, 0.5) is 0 Å². The summed E-state index contributed by atoms with van der Waals surface area (Å²) in [5.41, 5.74) is 1.24. The molecule has 2 nitrogen and oxygen atoms in total. The third kappa shape index (κ3) is 2.83. The fourth-order valence-electron chi connectivity index (χ4n) is 3.52. The van der Waals surface area contributed by atoms with E-state index in [0.29, 0.717) is 11.8 Å². The van der Waals surface area contributed by atoms with Crippen LogP contribution in [0.3, 0.4) is 0 Å². The second-order valence-corrected chi connectivity index (χ2v) is 6.17. The Labute approximate surface area is 115 Å². The number of hydrogen-bond acceptors (Lipinski definition) is 1. The van der Waals surface area contributed by atoms with E-state index in [1.807, 2.05) is 6.07 Å². The molecule has 2 atom stereocenters. The summed E-state index contributed by atoms with van der Waals surface area (Å²) < 4.78 is 0. The van der Waals surface area contributed by atoms with Gasteiger partial charge in [0.1, 0.15) is 0 Å². The predicted octanol–water partition coefficient (Wildman–Crippen LogP) is 3.47. The average Bonchev–Trinajstić information content (AvgIpc) is 3.05. The van der Waals surface area contributed by atoms with Crippen molar-refractivity contribution in [1.29, 1.82) is 0 Å². The molecular formula is C17H23NO. The summed E-state index contributed by atoms with van der Waals surface area (Å²) in [5, 5.41) is 0. The van der Waals surface area contributed by atoms with Crippen molar-refractivity contribution in [2.24, 2.45) is 17.8 Å². The van der Waals surface area contributed by atoms with Gasteiger partial charge in [-0.2, -0.15) is 0 Å². The van der Waals surface area contributed by atoms with Gasteiger partial charge in [-0.3, -0.25) is 4.79 Å². The Morgan fingerprint density at radius 3 is 2.47 bits per heavy atom. The summed E-state index contributed by atoms with van der Waals surface area (Å²) >= 11 is 0. The molecule has 1 amide bonds. The van der Waals surface area contributed by atoms with Crippen molar-refractivity contribution in [3.8, 4) is 0 Å². The first-order valence-electron chi connectivity index (χ1n) is 7.60. The summed E-state index contributed by atoms with van der Waals surface area (Å²) in [6.45, 7) is 3.82. The van der Waals surface area contributed by atoms with Crippen molar-refractivity contribution in [3.05, 3.63) is 35.9 Å². The van der Waals surface area contributed by atoms with E-state index in [9.17, 15) is 4.79 Å². The van der Waals surface area contributed by atoms with Crippen LogP contribution in [-0.2, 0) is 11.3 Å². The first-order valence-corrected chi connectivity index (χ1v) is 7.60. The molecule has 2 aliphatic carbocycles. The molecule has 2 heteroatoms. The second-order valence-electron chi connectivity index (χ2n) is 6.17. The molecule has 2 fully saturated rings. The highest BCUT2D eigenvalue weighted by Gasteiger charge is 2.48. The normalized spacial score (nSPS) is 27.9. The Morgan fingerprint density at radius 1 is 1.16 bits per heavy atom. The highest BCUT2D eigenvalue weighted by molar-refractivity contribution is 5.79. The molecule has 2 saturated carbocycles. The third-order valence-corrected chi connectivity index (χ3v) is 4.61. The van der Waals surface area contributed by atoms with Crippen molar-refractivity contribution in [3.63, 3.8) is 0 Å². The van der Waals surface area contributed by atoms with Crippen LogP contribution in [0.5, 0.6) is 0 Å². The number of nitrogens with zero attached hydrogens (tertiary/aromatic N) is 1. The van der Waals surface area contributed by atoms with Crippen molar-refractivity contribution in [2.75, 3.05) is 6.54 Å². The lowest BCUT2D eigenvalue weighted by molar-refractivity contribution is -0.136. The summed E-state index contributed by atoms with van der Waals surface area (Å²) in [5.74, 6) is 2.49. The molecule has 2 unspecified atom stereocenters. The Kier molecular flexibility index (Phi) is 3.58. The largest absolute Gasteiger partial charge is 0.338 e. The van der Waals surface area contributed by atoms with Crippen molar-refractivity contribution in [1.82, 2.24) is 4.90 Å². The van der Waals surface area contributed by atoms with Crippen molar-refractivity contribution < 1.29 is 4.79 Å². The summed E-state index contributed by atoms with van der Waals surface area (Å²) in [4.78, 5) is 14.7. The number of hydrogen-bond donors (Lipinski definition) is 0. The molecule has 1 aromatic rings. The average molecular weight is 257 g/mol. The highest BCUT2D eigenvalue weighted by atomic mass is 16.2. The number of benzene rings is 1.